The van der Waals surface area contributed by atoms with Crippen molar-refractivity contribution in [3.8, 4) is 0 Å². The van der Waals surface area contributed by atoms with E-state index in [1.165, 1.54) is 14.0 Å². The number of nitrogens with zero attached hydrogens (tertiary/aromatic N) is 1. The molecule has 0 aliphatic rings. The molecule has 0 radical (unpaired) electrons. The monoisotopic (exact) mass is 194 g/mol. The molecule has 0 aromatic heterocycles. The van der Waals surface area contributed by atoms with Gasteiger partial charge < -0.3 is 10.6 Å². The minimum atomic E-state index is -2.51. The minimum absolute atomic E-state index is 0.430. The molecule has 3 nitrogen and oxygen atoms in total. The van der Waals surface area contributed by atoms with Crippen LogP contribution < -0.4 is 5.73 Å². The second-order valence-electron chi connectivity index (χ2n) is 3.35. The summed E-state index contributed by atoms with van der Waals surface area (Å²) in [6.45, 7) is 2.72. The molecule has 0 aliphatic carbocycles. The van der Waals surface area contributed by atoms with Crippen LogP contribution in [0.5, 0.6) is 0 Å². The quantitative estimate of drug-likeness (QED) is 0.720. The molecule has 0 rings (SSSR count). The Bertz CT molecular complexity index is 183. The Kier molecular flexibility index (Phi) is 4.26. The Morgan fingerprint density at radius 1 is 1.62 bits per heavy atom. The fraction of sp³-hybridized carbons (Fsp3) is 0.875. The number of rotatable bonds is 4. The maximum Gasteiger partial charge on any atom is 0.255 e. The van der Waals surface area contributed by atoms with Crippen molar-refractivity contribution in [2.45, 2.75) is 32.2 Å². The van der Waals surface area contributed by atoms with Crippen molar-refractivity contribution in [3.63, 3.8) is 0 Å². The molecule has 13 heavy (non-hydrogen) atoms. The Morgan fingerprint density at radius 3 is 2.38 bits per heavy atom. The highest BCUT2D eigenvalue weighted by molar-refractivity contribution is 5.85. The Labute approximate surface area is 76.9 Å². The zero-order chi connectivity index (χ0) is 10.6. The molecular formula is C8H16F2N2O. The molecule has 0 saturated heterocycles. The zero-order valence-electron chi connectivity index (χ0n) is 8.18. The molecule has 78 valence electrons. The number of amides is 1. The molecule has 1 unspecified atom stereocenters. The topological polar surface area (TPSA) is 46.3 Å². The standard InChI is InChI=1S/C8H16F2N2O/c1-4-8(2,11)7(13)12(3)5-6(9)10/h6H,4-5,11H2,1-3H3. The van der Waals surface area contributed by atoms with E-state index in [0.29, 0.717) is 6.42 Å². The summed E-state index contributed by atoms with van der Waals surface area (Å²) in [5.74, 6) is -0.449. The highest BCUT2D eigenvalue weighted by Crippen LogP contribution is 2.09. The maximum absolute atomic E-state index is 11.9. The average molecular weight is 194 g/mol. The molecule has 0 fully saturated rings. The highest BCUT2D eigenvalue weighted by Gasteiger charge is 2.29. The van der Waals surface area contributed by atoms with Gasteiger partial charge in [-0.3, -0.25) is 4.79 Å². The van der Waals surface area contributed by atoms with E-state index < -0.39 is 24.4 Å². The first kappa shape index (κ1) is 12.3. The van der Waals surface area contributed by atoms with E-state index in [1.807, 2.05) is 0 Å². The van der Waals surface area contributed by atoms with Crippen LogP contribution in [0, 0.1) is 0 Å². The highest BCUT2D eigenvalue weighted by atomic mass is 19.3. The predicted octanol–water partition coefficient (Wildman–Crippen LogP) is 0.837. The van der Waals surface area contributed by atoms with Gasteiger partial charge in [0.1, 0.15) is 0 Å². The Hall–Kier alpha value is -0.710. The van der Waals surface area contributed by atoms with Crippen molar-refractivity contribution in [2.24, 2.45) is 5.73 Å². The first-order valence-electron chi connectivity index (χ1n) is 4.14. The summed E-state index contributed by atoms with van der Waals surface area (Å²) in [7, 11) is 1.33. The SMILES string of the molecule is CCC(C)(N)C(=O)N(C)CC(F)F. The smallest absolute Gasteiger partial charge is 0.255 e. The van der Waals surface area contributed by atoms with Crippen LogP contribution in [0.25, 0.3) is 0 Å². The van der Waals surface area contributed by atoms with Crippen LogP contribution >= 0.6 is 0 Å². The summed E-state index contributed by atoms with van der Waals surface area (Å²) in [5.41, 5.74) is 4.56. The van der Waals surface area contributed by atoms with Gasteiger partial charge >= 0.3 is 0 Å². The second-order valence-corrected chi connectivity index (χ2v) is 3.35. The lowest BCUT2D eigenvalue weighted by molar-refractivity contribution is -0.136. The third-order valence-corrected chi connectivity index (χ3v) is 1.98. The normalized spacial score (nSPS) is 15.6. The second kappa shape index (κ2) is 4.50. The van der Waals surface area contributed by atoms with Gasteiger partial charge in [0.25, 0.3) is 6.43 Å². The van der Waals surface area contributed by atoms with Crippen LogP contribution in [0.15, 0.2) is 0 Å². The number of nitrogens with two attached hydrogens (primary N) is 1. The number of likely N-dealkylation sites (N-methyl/N-ethyl adjacent to an activating group) is 1. The molecule has 5 heteroatoms. The summed E-state index contributed by atoms with van der Waals surface area (Å²) in [6, 6.07) is 0. The van der Waals surface area contributed by atoms with Gasteiger partial charge in [0.05, 0.1) is 12.1 Å². The van der Waals surface area contributed by atoms with E-state index in [-0.39, 0.29) is 0 Å². The van der Waals surface area contributed by atoms with Gasteiger partial charge in [-0.1, -0.05) is 6.92 Å². The molecule has 0 heterocycles. The lowest BCUT2D eigenvalue weighted by Gasteiger charge is -2.27. The summed E-state index contributed by atoms with van der Waals surface area (Å²) in [5, 5.41) is 0. The molecule has 0 spiro atoms. The van der Waals surface area contributed by atoms with Crippen molar-refractivity contribution in [1.82, 2.24) is 4.90 Å². The number of alkyl halides is 2. The van der Waals surface area contributed by atoms with Crippen LogP contribution in [0.3, 0.4) is 0 Å². The van der Waals surface area contributed by atoms with Crippen LogP contribution in [0.1, 0.15) is 20.3 Å². The van der Waals surface area contributed by atoms with E-state index in [1.54, 1.807) is 6.92 Å². The third kappa shape index (κ3) is 3.67. The van der Waals surface area contributed by atoms with Gasteiger partial charge in [-0.05, 0) is 13.3 Å². The van der Waals surface area contributed by atoms with Crippen LogP contribution in [-0.2, 0) is 4.79 Å². The summed E-state index contributed by atoms with van der Waals surface area (Å²) in [6.07, 6.45) is -2.08. The summed E-state index contributed by atoms with van der Waals surface area (Å²) in [4.78, 5) is 12.4. The maximum atomic E-state index is 11.9. The van der Waals surface area contributed by atoms with Crippen molar-refractivity contribution >= 4 is 5.91 Å². The number of carbonyl (C=O) groups is 1. The molecule has 0 bridgehead atoms. The van der Waals surface area contributed by atoms with Crippen molar-refractivity contribution in [2.75, 3.05) is 13.6 Å². The van der Waals surface area contributed by atoms with Gasteiger partial charge in [-0.25, -0.2) is 8.78 Å². The van der Waals surface area contributed by atoms with E-state index in [0.717, 1.165) is 4.90 Å². The van der Waals surface area contributed by atoms with Gasteiger partial charge in [-0.15, -0.1) is 0 Å². The number of halogens is 2. The van der Waals surface area contributed by atoms with Crippen LogP contribution in [-0.4, -0.2) is 36.4 Å². The summed E-state index contributed by atoms with van der Waals surface area (Å²) < 4.78 is 23.8. The third-order valence-electron chi connectivity index (χ3n) is 1.98. The van der Waals surface area contributed by atoms with Crippen molar-refractivity contribution < 1.29 is 13.6 Å². The van der Waals surface area contributed by atoms with E-state index in [9.17, 15) is 13.6 Å². The molecular weight excluding hydrogens is 178 g/mol. The first-order valence-corrected chi connectivity index (χ1v) is 4.14. The number of carbonyl (C=O) groups excluding carboxylic acids is 1. The lowest BCUT2D eigenvalue weighted by Crippen LogP contribution is -2.52. The fourth-order valence-corrected chi connectivity index (χ4v) is 0.877. The van der Waals surface area contributed by atoms with E-state index in [4.69, 9.17) is 5.73 Å². The van der Waals surface area contributed by atoms with Gasteiger partial charge in [0.2, 0.25) is 5.91 Å². The first-order chi connectivity index (χ1) is 5.81. The molecule has 1 atom stereocenters. The van der Waals surface area contributed by atoms with Gasteiger partial charge in [0.15, 0.2) is 0 Å². The minimum Gasteiger partial charge on any atom is -0.338 e. The largest absolute Gasteiger partial charge is 0.338 e. The molecule has 1 amide bonds. The molecule has 0 aromatic rings. The molecule has 2 N–H and O–H groups in total. The van der Waals surface area contributed by atoms with Crippen molar-refractivity contribution in [3.05, 3.63) is 0 Å². The lowest BCUT2D eigenvalue weighted by atomic mass is 9.99. The Balaban J connectivity index is 4.25. The van der Waals surface area contributed by atoms with Gasteiger partial charge in [0, 0.05) is 7.05 Å². The number of hydrogen-bond acceptors (Lipinski definition) is 2. The van der Waals surface area contributed by atoms with E-state index in [2.05, 4.69) is 0 Å². The Morgan fingerprint density at radius 2 is 2.08 bits per heavy atom. The van der Waals surface area contributed by atoms with Crippen LogP contribution in [0.4, 0.5) is 8.78 Å². The molecule has 0 saturated carbocycles. The summed E-state index contributed by atoms with van der Waals surface area (Å²) >= 11 is 0. The fourth-order valence-electron chi connectivity index (χ4n) is 0.877. The van der Waals surface area contributed by atoms with Crippen molar-refractivity contribution in [1.29, 1.82) is 0 Å². The van der Waals surface area contributed by atoms with E-state index >= 15 is 0 Å². The molecule has 0 aliphatic heterocycles. The van der Waals surface area contributed by atoms with Gasteiger partial charge in [-0.2, -0.15) is 0 Å². The zero-order valence-corrected chi connectivity index (χ0v) is 8.18. The molecule has 0 aromatic carbocycles. The average Bonchev–Trinajstić information content (AvgIpc) is 2.01. The van der Waals surface area contributed by atoms with Crippen LogP contribution in [0.2, 0.25) is 0 Å². The number of hydrogen-bond donors (Lipinski definition) is 1. The predicted molar refractivity (Wildman–Crippen MR) is 46.5 cm³/mol.